The normalized spacial score (nSPS) is 14.7. The first kappa shape index (κ1) is 20.1. The van der Waals surface area contributed by atoms with Gasteiger partial charge >= 0.3 is 0 Å². The van der Waals surface area contributed by atoms with Gasteiger partial charge in [0.15, 0.2) is 5.82 Å². The van der Waals surface area contributed by atoms with E-state index in [0.29, 0.717) is 6.54 Å². The molecule has 4 rings (SSSR count). The molecule has 1 aliphatic heterocycles. The van der Waals surface area contributed by atoms with E-state index in [9.17, 15) is 4.79 Å². The first-order chi connectivity index (χ1) is 14.5. The number of para-hydroxylation sites is 1. The van der Waals surface area contributed by atoms with Crippen molar-refractivity contribution in [2.45, 2.75) is 20.8 Å². The third kappa shape index (κ3) is 4.21. The minimum absolute atomic E-state index is 0.0353. The largest absolute Gasteiger partial charge is 0.366 e. The monoisotopic (exact) mass is 404 g/mol. The van der Waals surface area contributed by atoms with Gasteiger partial charge in [-0.05, 0) is 44.5 Å². The van der Waals surface area contributed by atoms with Crippen LogP contribution in [0.15, 0.2) is 48.7 Å². The number of aromatic nitrogens is 3. The standard InChI is InChI=1S/C23H28N6O/c1-17-8-4-5-9-20(17)25-22(30)16-27-12-14-28(15-13-27)23-18(2)26-29(19(23)3)21-10-6-7-11-24-21/h4-11H,12-16H2,1-3H3,(H,25,30). The van der Waals surface area contributed by atoms with E-state index in [-0.39, 0.29) is 5.91 Å². The summed E-state index contributed by atoms with van der Waals surface area (Å²) in [5, 5.41) is 7.74. The molecule has 1 saturated heterocycles. The predicted octanol–water partition coefficient (Wildman–Crippen LogP) is 2.95. The highest BCUT2D eigenvalue weighted by Crippen LogP contribution is 2.27. The summed E-state index contributed by atoms with van der Waals surface area (Å²) < 4.78 is 1.91. The molecule has 1 N–H and O–H groups in total. The lowest BCUT2D eigenvalue weighted by atomic mass is 10.2. The number of hydrogen-bond donors (Lipinski definition) is 1. The molecule has 156 valence electrons. The summed E-state index contributed by atoms with van der Waals surface area (Å²) in [5.41, 5.74) is 5.23. The van der Waals surface area contributed by atoms with Gasteiger partial charge < -0.3 is 10.2 Å². The van der Waals surface area contributed by atoms with E-state index in [2.05, 4.69) is 27.0 Å². The SMILES string of the molecule is Cc1ccccc1NC(=O)CN1CCN(c2c(C)nn(-c3ccccn3)c2C)CC1. The van der Waals surface area contributed by atoms with Crippen LogP contribution < -0.4 is 10.2 Å². The Hall–Kier alpha value is -3.19. The molecule has 30 heavy (non-hydrogen) atoms. The fourth-order valence-corrected chi connectivity index (χ4v) is 4.03. The van der Waals surface area contributed by atoms with Crippen molar-refractivity contribution >= 4 is 17.3 Å². The van der Waals surface area contributed by atoms with E-state index in [1.54, 1.807) is 6.20 Å². The van der Waals surface area contributed by atoms with Crippen LogP contribution in [0.1, 0.15) is 17.0 Å². The number of carbonyl (C=O) groups is 1. The molecule has 0 atom stereocenters. The third-order valence-corrected chi connectivity index (χ3v) is 5.59. The number of pyridine rings is 1. The van der Waals surface area contributed by atoms with Gasteiger partial charge in [0, 0.05) is 38.1 Å². The topological polar surface area (TPSA) is 66.3 Å². The van der Waals surface area contributed by atoms with Crippen molar-refractivity contribution in [1.29, 1.82) is 0 Å². The van der Waals surface area contributed by atoms with Gasteiger partial charge in [-0.2, -0.15) is 5.10 Å². The number of carbonyl (C=O) groups excluding carboxylic acids is 1. The van der Waals surface area contributed by atoms with Gasteiger partial charge in [-0.25, -0.2) is 9.67 Å². The maximum absolute atomic E-state index is 12.5. The Kier molecular flexibility index (Phi) is 5.81. The van der Waals surface area contributed by atoms with Crippen LogP contribution in [-0.2, 0) is 4.79 Å². The van der Waals surface area contributed by atoms with Gasteiger partial charge in [0.2, 0.25) is 5.91 Å². The van der Waals surface area contributed by atoms with Crippen molar-refractivity contribution in [3.63, 3.8) is 0 Å². The zero-order chi connectivity index (χ0) is 21.1. The van der Waals surface area contributed by atoms with Crippen molar-refractivity contribution in [1.82, 2.24) is 19.7 Å². The van der Waals surface area contributed by atoms with Crippen LogP contribution in [0.2, 0.25) is 0 Å². The van der Waals surface area contributed by atoms with Crippen molar-refractivity contribution in [2.24, 2.45) is 0 Å². The summed E-state index contributed by atoms with van der Waals surface area (Å²) in [5.74, 6) is 0.865. The molecule has 0 spiro atoms. The summed E-state index contributed by atoms with van der Waals surface area (Å²) >= 11 is 0. The van der Waals surface area contributed by atoms with Crippen molar-refractivity contribution in [2.75, 3.05) is 42.9 Å². The molecule has 1 amide bonds. The smallest absolute Gasteiger partial charge is 0.238 e. The number of nitrogens with one attached hydrogen (secondary N) is 1. The van der Waals surface area contributed by atoms with Gasteiger partial charge in [0.1, 0.15) is 0 Å². The van der Waals surface area contributed by atoms with E-state index < -0.39 is 0 Å². The maximum Gasteiger partial charge on any atom is 0.238 e. The Morgan fingerprint density at radius 1 is 1.00 bits per heavy atom. The van der Waals surface area contributed by atoms with E-state index in [4.69, 9.17) is 5.10 Å². The second-order valence-electron chi connectivity index (χ2n) is 7.75. The van der Waals surface area contributed by atoms with Crippen LogP contribution in [0.3, 0.4) is 0 Å². The zero-order valence-corrected chi connectivity index (χ0v) is 17.8. The quantitative estimate of drug-likeness (QED) is 0.708. The Balaban J connectivity index is 1.38. The summed E-state index contributed by atoms with van der Waals surface area (Å²) in [6, 6.07) is 13.7. The van der Waals surface area contributed by atoms with Crippen LogP contribution in [0, 0.1) is 20.8 Å². The number of aryl methyl sites for hydroxylation is 2. The van der Waals surface area contributed by atoms with E-state index >= 15 is 0 Å². The molecular formula is C23H28N6O. The Labute approximate surface area is 177 Å². The molecule has 0 aliphatic carbocycles. The number of nitrogens with zero attached hydrogens (tertiary/aromatic N) is 5. The van der Waals surface area contributed by atoms with Crippen LogP contribution in [0.4, 0.5) is 11.4 Å². The van der Waals surface area contributed by atoms with Gasteiger partial charge in [0.25, 0.3) is 0 Å². The molecule has 7 heteroatoms. The van der Waals surface area contributed by atoms with Crippen molar-refractivity contribution < 1.29 is 4.79 Å². The molecule has 1 aromatic carbocycles. The molecule has 1 fully saturated rings. The molecule has 0 saturated carbocycles. The minimum atomic E-state index is 0.0353. The van der Waals surface area contributed by atoms with Crippen LogP contribution in [0.5, 0.6) is 0 Å². The predicted molar refractivity (Wildman–Crippen MR) is 119 cm³/mol. The summed E-state index contributed by atoms with van der Waals surface area (Å²) in [7, 11) is 0. The second-order valence-corrected chi connectivity index (χ2v) is 7.75. The van der Waals surface area contributed by atoms with Gasteiger partial charge in [-0.1, -0.05) is 24.3 Å². The van der Waals surface area contributed by atoms with Crippen molar-refractivity contribution in [3.05, 3.63) is 65.6 Å². The van der Waals surface area contributed by atoms with Crippen LogP contribution >= 0.6 is 0 Å². The highest BCUT2D eigenvalue weighted by atomic mass is 16.2. The fraction of sp³-hybridized carbons (Fsp3) is 0.348. The van der Waals surface area contributed by atoms with Gasteiger partial charge in [-0.15, -0.1) is 0 Å². The number of benzene rings is 1. The lowest BCUT2D eigenvalue weighted by molar-refractivity contribution is -0.117. The molecular weight excluding hydrogens is 376 g/mol. The molecule has 7 nitrogen and oxygen atoms in total. The zero-order valence-electron chi connectivity index (χ0n) is 17.8. The Bertz CT molecular complexity index is 1020. The second kappa shape index (κ2) is 8.67. The van der Waals surface area contributed by atoms with Crippen LogP contribution in [0.25, 0.3) is 5.82 Å². The summed E-state index contributed by atoms with van der Waals surface area (Å²) in [6.45, 7) is 9.97. The van der Waals surface area contributed by atoms with Crippen molar-refractivity contribution in [3.8, 4) is 5.82 Å². The number of rotatable bonds is 5. The first-order valence-corrected chi connectivity index (χ1v) is 10.3. The number of anilines is 2. The number of hydrogen-bond acceptors (Lipinski definition) is 5. The average Bonchev–Trinajstić information content (AvgIpc) is 3.05. The fourth-order valence-electron chi connectivity index (χ4n) is 4.03. The van der Waals surface area contributed by atoms with E-state index in [0.717, 1.165) is 54.6 Å². The molecule has 3 heterocycles. The highest BCUT2D eigenvalue weighted by molar-refractivity contribution is 5.92. The maximum atomic E-state index is 12.5. The minimum Gasteiger partial charge on any atom is -0.366 e. The molecule has 2 aromatic heterocycles. The summed E-state index contributed by atoms with van der Waals surface area (Å²) in [6.07, 6.45) is 1.78. The number of amides is 1. The Morgan fingerprint density at radius 2 is 1.73 bits per heavy atom. The van der Waals surface area contributed by atoms with Gasteiger partial charge in [0.05, 0.1) is 23.6 Å². The average molecular weight is 405 g/mol. The molecule has 1 aliphatic rings. The number of piperazine rings is 1. The molecule has 0 radical (unpaired) electrons. The van der Waals surface area contributed by atoms with Crippen LogP contribution in [-0.4, -0.2) is 58.3 Å². The van der Waals surface area contributed by atoms with E-state index in [1.165, 1.54) is 5.69 Å². The lowest BCUT2D eigenvalue weighted by Crippen LogP contribution is -2.49. The highest BCUT2D eigenvalue weighted by Gasteiger charge is 2.24. The Morgan fingerprint density at radius 3 is 2.43 bits per heavy atom. The molecule has 3 aromatic rings. The molecule has 0 bridgehead atoms. The third-order valence-electron chi connectivity index (χ3n) is 5.59. The lowest BCUT2D eigenvalue weighted by Gasteiger charge is -2.35. The first-order valence-electron chi connectivity index (χ1n) is 10.3. The van der Waals surface area contributed by atoms with Gasteiger partial charge in [-0.3, -0.25) is 9.69 Å². The van der Waals surface area contributed by atoms with E-state index in [1.807, 2.05) is 61.0 Å². The summed E-state index contributed by atoms with van der Waals surface area (Å²) in [4.78, 5) is 21.5. The molecule has 0 unspecified atom stereocenters.